The van der Waals surface area contributed by atoms with Crippen molar-refractivity contribution < 1.29 is 18.7 Å². The van der Waals surface area contributed by atoms with Crippen LogP contribution in [0.3, 0.4) is 0 Å². The molecule has 164 valence electrons. The van der Waals surface area contributed by atoms with Gasteiger partial charge in [-0.25, -0.2) is 4.98 Å². The largest absolute Gasteiger partial charge is 0.493 e. The zero-order valence-corrected chi connectivity index (χ0v) is 17.9. The van der Waals surface area contributed by atoms with Gasteiger partial charge in [-0.3, -0.25) is 14.6 Å². The first kappa shape index (κ1) is 20.9. The summed E-state index contributed by atoms with van der Waals surface area (Å²) < 4.78 is 17.4. The molecule has 2 N–H and O–H groups in total. The van der Waals surface area contributed by atoms with Gasteiger partial charge in [0.1, 0.15) is 11.5 Å². The first-order chi connectivity index (χ1) is 15.4. The number of carbonyl (C=O) groups is 1. The predicted molar refractivity (Wildman–Crippen MR) is 117 cm³/mol. The van der Waals surface area contributed by atoms with Crippen molar-refractivity contribution in [2.24, 2.45) is 0 Å². The first-order valence-electron chi connectivity index (χ1n) is 9.67. The minimum Gasteiger partial charge on any atom is -0.493 e. The Kier molecular flexibility index (Phi) is 5.50. The average Bonchev–Trinajstić information content (AvgIpc) is 3.46. The molecule has 0 fully saturated rings. The van der Waals surface area contributed by atoms with Crippen molar-refractivity contribution in [1.82, 2.24) is 19.7 Å². The number of hydrogen-bond donors (Lipinski definition) is 2. The molecule has 0 atom stereocenters. The normalized spacial score (nSPS) is 10.8. The summed E-state index contributed by atoms with van der Waals surface area (Å²) in [5, 5.41) is 7.29. The molecule has 1 aromatic carbocycles. The molecule has 3 aromatic heterocycles. The van der Waals surface area contributed by atoms with E-state index < -0.39 is 5.91 Å². The summed E-state index contributed by atoms with van der Waals surface area (Å²) in [5.41, 5.74) is 1.46. The Morgan fingerprint density at radius 1 is 1.16 bits per heavy atom. The van der Waals surface area contributed by atoms with Gasteiger partial charge < -0.3 is 19.2 Å². The molecule has 10 heteroatoms. The Balaban J connectivity index is 1.80. The highest BCUT2D eigenvalue weighted by Crippen LogP contribution is 2.32. The van der Waals surface area contributed by atoms with Gasteiger partial charge in [0.15, 0.2) is 17.3 Å². The van der Waals surface area contributed by atoms with Gasteiger partial charge in [-0.15, -0.1) is 0 Å². The number of ether oxygens (including phenoxy) is 2. The van der Waals surface area contributed by atoms with Gasteiger partial charge in [0.2, 0.25) is 5.95 Å². The molecule has 0 aliphatic rings. The van der Waals surface area contributed by atoms with Gasteiger partial charge in [-0.05, 0) is 38.1 Å². The molecule has 0 unspecified atom stereocenters. The van der Waals surface area contributed by atoms with Crippen LogP contribution in [-0.4, -0.2) is 39.9 Å². The number of anilines is 1. The van der Waals surface area contributed by atoms with Crippen LogP contribution in [0.1, 0.15) is 21.6 Å². The lowest BCUT2D eigenvalue weighted by molar-refractivity contribution is 0.102. The van der Waals surface area contributed by atoms with Crippen LogP contribution in [0.25, 0.3) is 17.4 Å². The Labute approximate surface area is 182 Å². The van der Waals surface area contributed by atoms with Crippen LogP contribution in [0.4, 0.5) is 5.82 Å². The van der Waals surface area contributed by atoms with Crippen LogP contribution in [0.5, 0.6) is 11.5 Å². The molecule has 0 aliphatic heterocycles. The van der Waals surface area contributed by atoms with E-state index in [-0.39, 0.29) is 22.9 Å². The number of furan rings is 1. The SMILES string of the molecule is COc1cccc(C(=O)Nc2cc(-c3ccco3)nn2-c2nc(C)c(C)c(=O)[nH]2)c1OC. The van der Waals surface area contributed by atoms with Gasteiger partial charge in [0, 0.05) is 17.3 Å². The van der Waals surface area contributed by atoms with E-state index in [9.17, 15) is 9.59 Å². The van der Waals surface area contributed by atoms with Crippen molar-refractivity contribution in [3.63, 3.8) is 0 Å². The second-order valence-corrected chi connectivity index (χ2v) is 6.90. The number of H-pyrrole nitrogens is 1. The molecule has 0 aliphatic carbocycles. The number of para-hydroxylation sites is 1. The summed E-state index contributed by atoms with van der Waals surface area (Å²) in [6, 6.07) is 10.1. The summed E-state index contributed by atoms with van der Waals surface area (Å²) in [5.74, 6) is 1.18. The summed E-state index contributed by atoms with van der Waals surface area (Å²) in [6.07, 6.45) is 1.52. The predicted octanol–water partition coefficient (Wildman–Crippen LogP) is 3.10. The number of aromatic amines is 1. The van der Waals surface area contributed by atoms with Crippen LogP contribution in [0.15, 0.2) is 51.9 Å². The average molecular weight is 435 g/mol. The second-order valence-electron chi connectivity index (χ2n) is 6.90. The molecule has 4 rings (SSSR count). The van der Waals surface area contributed by atoms with Crippen molar-refractivity contribution in [3.05, 3.63) is 69.8 Å². The lowest BCUT2D eigenvalue weighted by Gasteiger charge is -2.13. The van der Waals surface area contributed by atoms with E-state index in [1.165, 1.54) is 25.2 Å². The Morgan fingerprint density at radius 2 is 1.97 bits per heavy atom. The highest BCUT2D eigenvalue weighted by Gasteiger charge is 2.21. The maximum atomic E-state index is 13.1. The minimum atomic E-state index is -0.459. The standard InChI is InChI=1S/C22H21N5O5/c1-12-13(2)23-22(25-20(12)28)27-18(11-15(26-27)16-9-6-10-32-16)24-21(29)14-7-5-8-17(30-3)19(14)31-4/h5-11H,1-4H3,(H,24,29)(H,23,25,28). The van der Waals surface area contributed by atoms with Crippen molar-refractivity contribution in [3.8, 4) is 28.9 Å². The number of nitrogens with one attached hydrogen (secondary N) is 2. The minimum absolute atomic E-state index is 0.156. The maximum absolute atomic E-state index is 13.1. The number of amides is 1. The number of benzene rings is 1. The van der Waals surface area contributed by atoms with E-state index in [2.05, 4.69) is 20.4 Å². The van der Waals surface area contributed by atoms with Crippen LogP contribution < -0.4 is 20.3 Å². The number of aromatic nitrogens is 4. The van der Waals surface area contributed by atoms with Crippen molar-refractivity contribution in [2.75, 3.05) is 19.5 Å². The molecule has 0 spiro atoms. The molecule has 4 aromatic rings. The van der Waals surface area contributed by atoms with Gasteiger partial charge in [0.25, 0.3) is 11.5 Å². The van der Waals surface area contributed by atoms with Gasteiger partial charge in [0.05, 0.1) is 26.0 Å². The van der Waals surface area contributed by atoms with E-state index in [4.69, 9.17) is 13.9 Å². The van der Waals surface area contributed by atoms with E-state index >= 15 is 0 Å². The molecule has 1 amide bonds. The second kappa shape index (κ2) is 8.42. The lowest BCUT2D eigenvalue weighted by Crippen LogP contribution is -2.21. The third-order valence-corrected chi connectivity index (χ3v) is 4.96. The highest BCUT2D eigenvalue weighted by atomic mass is 16.5. The van der Waals surface area contributed by atoms with Crippen LogP contribution in [0.2, 0.25) is 0 Å². The van der Waals surface area contributed by atoms with Gasteiger partial charge in [-0.1, -0.05) is 6.07 Å². The number of methoxy groups -OCH3 is 2. The molecule has 0 saturated heterocycles. The number of rotatable bonds is 6. The lowest BCUT2D eigenvalue weighted by atomic mass is 10.1. The molecule has 0 saturated carbocycles. The molecule has 10 nitrogen and oxygen atoms in total. The Hall–Kier alpha value is -4.34. The van der Waals surface area contributed by atoms with E-state index in [1.54, 1.807) is 50.2 Å². The van der Waals surface area contributed by atoms with Crippen LogP contribution in [-0.2, 0) is 0 Å². The number of aryl methyl sites for hydroxylation is 1. The Bertz CT molecular complexity index is 1340. The van der Waals surface area contributed by atoms with E-state index in [0.717, 1.165) is 0 Å². The molecule has 0 bridgehead atoms. The third-order valence-electron chi connectivity index (χ3n) is 4.96. The van der Waals surface area contributed by atoms with Gasteiger partial charge in [-0.2, -0.15) is 9.78 Å². The number of carbonyl (C=O) groups excluding carboxylic acids is 1. The molecule has 0 radical (unpaired) electrons. The summed E-state index contributed by atoms with van der Waals surface area (Å²) in [6.45, 7) is 3.41. The highest BCUT2D eigenvalue weighted by molar-refractivity contribution is 6.06. The summed E-state index contributed by atoms with van der Waals surface area (Å²) in [4.78, 5) is 32.5. The fourth-order valence-corrected chi connectivity index (χ4v) is 3.16. The zero-order chi connectivity index (χ0) is 22.8. The fourth-order valence-electron chi connectivity index (χ4n) is 3.16. The van der Waals surface area contributed by atoms with E-state index in [1.807, 2.05) is 0 Å². The summed E-state index contributed by atoms with van der Waals surface area (Å²) >= 11 is 0. The van der Waals surface area contributed by atoms with Crippen LogP contribution in [0, 0.1) is 13.8 Å². The fraction of sp³-hybridized carbons (Fsp3) is 0.182. The molecular formula is C22H21N5O5. The number of hydrogen-bond acceptors (Lipinski definition) is 7. The van der Waals surface area contributed by atoms with E-state index in [0.29, 0.717) is 34.2 Å². The Morgan fingerprint density at radius 3 is 2.62 bits per heavy atom. The van der Waals surface area contributed by atoms with Crippen molar-refractivity contribution >= 4 is 11.7 Å². The van der Waals surface area contributed by atoms with Crippen molar-refractivity contribution in [2.45, 2.75) is 13.8 Å². The quantitative estimate of drug-likeness (QED) is 0.477. The molecule has 32 heavy (non-hydrogen) atoms. The number of nitrogens with zero attached hydrogens (tertiary/aromatic N) is 3. The maximum Gasteiger partial charge on any atom is 0.260 e. The van der Waals surface area contributed by atoms with Crippen molar-refractivity contribution in [1.29, 1.82) is 0 Å². The summed E-state index contributed by atoms with van der Waals surface area (Å²) in [7, 11) is 2.95. The topological polar surface area (TPSA) is 124 Å². The van der Waals surface area contributed by atoms with Crippen LogP contribution >= 0.6 is 0 Å². The zero-order valence-electron chi connectivity index (χ0n) is 17.9. The monoisotopic (exact) mass is 435 g/mol. The molecule has 3 heterocycles. The first-order valence-corrected chi connectivity index (χ1v) is 9.67. The third kappa shape index (κ3) is 3.73. The van der Waals surface area contributed by atoms with Gasteiger partial charge >= 0.3 is 0 Å². The molecular weight excluding hydrogens is 414 g/mol. The smallest absolute Gasteiger partial charge is 0.260 e.